The van der Waals surface area contributed by atoms with E-state index in [1.807, 2.05) is 0 Å². The predicted octanol–water partition coefficient (Wildman–Crippen LogP) is 4.30. The zero-order valence-electron chi connectivity index (χ0n) is 30.0. The standard InChI is InChI=1S/C36H58O11/c1-13-19(5)33(41)45-27-23(9)28(46-32(40)18(3)4)29(47-34(42)20(6)14-2)30(39)35(11,12)16-15-21(7)31(44-24(10)37)36(43)17-22(8)26(38)25(27)36/h15-16,18-22,25-31,38-39,43H,9,13-14,17H2,1-8,10-12H3. The fourth-order valence-corrected chi connectivity index (χ4v) is 6.31. The van der Waals surface area contributed by atoms with Gasteiger partial charge >= 0.3 is 23.9 Å². The fraction of sp³-hybridized carbons (Fsp3) is 0.778. The normalized spacial score (nSPS) is 35.5. The van der Waals surface area contributed by atoms with Crippen molar-refractivity contribution in [3.63, 3.8) is 0 Å². The first-order chi connectivity index (χ1) is 21.6. The van der Waals surface area contributed by atoms with Crippen LogP contribution in [0.5, 0.6) is 0 Å². The van der Waals surface area contributed by atoms with Crippen molar-refractivity contribution in [2.24, 2.45) is 40.9 Å². The lowest BCUT2D eigenvalue weighted by molar-refractivity contribution is -0.198. The largest absolute Gasteiger partial charge is 0.459 e. The lowest BCUT2D eigenvalue weighted by atomic mass is 9.71. The molecule has 11 nitrogen and oxygen atoms in total. The second kappa shape index (κ2) is 16.1. The van der Waals surface area contributed by atoms with Crippen molar-refractivity contribution in [3.05, 3.63) is 24.3 Å². The van der Waals surface area contributed by atoms with E-state index in [4.69, 9.17) is 18.9 Å². The average Bonchev–Trinajstić information content (AvgIpc) is 3.23. The van der Waals surface area contributed by atoms with E-state index in [-0.39, 0.29) is 12.0 Å². The van der Waals surface area contributed by atoms with Crippen LogP contribution in [0.15, 0.2) is 24.3 Å². The van der Waals surface area contributed by atoms with Gasteiger partial charge in [0.1, 0.15) is 23.9 Å². The van der Waals surface area contributed by atoms with Gasteiger partial charge in [0, 0.05) is 23.8 Å². The molecule has 0 heterocycles. The van der Waals surface area contributed by atoms with Gasteiger partial charge in [-0.3, -0.25) is 19.2 Å². The molecule has 3 N–H and O–H groups in total. The summed E-state index contributed by atoms with van der Waals surface area (Å²) in [5.41, 5.74) is -3.22. The van der Waals surface area contributed by atoms with Crippen molar-refractivity contribution < 1.29 is 53.4 Å². The quantitative estimate of drug-likeness (QED) is 0.182. The van der Waals surface area contributed by atoms with Crippen LogP contribution in [0.1, 0.15) is 95.4 Å². The summed E-state index contributed by atoms with van der Waals surface area (Å²) in [5, 5.41) is 36.3. The Labute approximate surface area is 280 Å². The van der Waals surface area contributed by atoms with Crippen molar-refractivity contribution in [1.29, 1.82) is 0 Å². The summed E-state index contributed by atoms with van der Waals surface area (Å²) in [7, 11) is 0. The summed E-state index contributed by atoms with van der Waals surface area (Å²) in [6.07, 6.45) is -4.48. The van der Waals surface area contributed by atoms with Crippen LogP contribution < -0.4 is 0 Å². The number of hydrogen-bond donors (Lipinski definition) is 3. The first-order valence-electron chi connectivity index (χ1n) is 16.9. The summed E-state index contributed by atoms with van der Waals surface area (Å²) >= 11 is 0. The first kappa shape index (κ1) is 40.4. The smallest absolute Gasteiger partial charge is 0.309 e. The van der Waals surface area contributed by atoms with Gasteiger partial charge in [-0.1, -0.05) is 88.0 Å². The highest BCUT2D eigenvalue weighted by Gasteiger charge is 2.62. The molecule has 0 saturated heterocycles. The molecule has 1 saturated carbocycles. The van der Waals surface area contributed by atoms with E-state index >= 15 is 0 Å². The highest BCUT2D eigenvalue weighted by molar-refractivity contribution is 5.74. The van der Waals surface area contributed by atoms with Crippen LogP contribution in [-0.4, -0.2) is 81.4 Å². The number of rotatable bonds is 9. The van der Waals surface area contributed by atoms with Gasteiger partial charge in [0.15, 0.2) is 12.2 Å². The molecule has 0 amide bonds. The SMILES string of the molecule is C=C1C(OC(=O)C(C)C)C(OC(=O)C(C)CC)C(O)C(C)(C)C=CC(C)C(OC(C)=O)C2(O)CC(C)C(O)C2C1OC(=O)C(C)CC. The van der Waals surface area contributed by atoms with Crippen molar-refractivity contribution >= 4 is 23.9 Å². The third-order valence-electron chi connectivity index (χ3n) is 9.94. The molecule has 12 atom stereocenters. The molecule has 2 aliphatic rings. The predicted molar refractivity (Wildman–Crippen MR) is 174 cm³/mol. The summed E-state index contributed by atoms with van der Waals surface area (Å²) < 4.78 is 23.8. The number of hydrogen-bond acceptors (Lipinski definition) is 11. The monoisotopic (exact) mass is 666 g/mol. The Bertz CT molecular complexity index is 1180. The highest BCUT2D eigenvalue weighted by atomic mass is 16.6. The fourth-order valence-electron chi connectivity index (χ4n) is 6.31. The summed E-state index contributed by atoms with van der Waals surface area (Å²) in [5.74, 6) is -7.05. The minimum atomic E-state index is -1.96. The van der Waals surface area contributed by atoms with E-state index in [9.17, 15) is 34.5 Å². The minimum Gasteiger partial charge on any atom is -0.459 e. The Kier molecular flexibility index (Phi) is 13.8. The molecule has 12 unspecified atom stereocenters. The molecule has 0 aromatic carbocycles. The Hall–Kier alpha value is -2.76. The van der Waals surface area contributed by atoms with Crippen molar-refractivity contribution in [1.82, 2.24) is 0 Å². The van der Waals surface area contributed by atoms with Gasteiger partial charge in [0.2, 0.25) is 0 Å². The van der Waals surface area contributed by atoms with Crippen LogP contribution in [0.3, 0.4) is 0 Å². The maximum absolute atomic E-state index is 13.5. The Morgan fingerprint density at radius 2 is 1.40 bits per heavy atom. The van der Waals surface area contributed by atoms with Crippen LogP contribution in [0, 0.1) is 40.9 Å². The molecule has 0 aromatic heterocycles. The minimum absolute atomic E-state index is 0.0332. The number of carbonyl (C=O) groups is 4. The maximum Gasteiger partial charge on any atom is 0.309 e. The number of esters is 4. The lowest BCUT2D eigenvalue weighted by Crippen LogP contribution is -2.59. The molecule has 0 aromatic rings. The molecule has 0 radical (unpaired) electrons. The molecule has 0 spiro atoms. The van der Waals surface area contributed by atoms with Gasteiger partial charge in [-0.25, -0.2) is 0 Å². The zero-order valence-corrected chi connectivity index (χ0v) is 30.0. The molecule has 0 bridgehead atoms. The van der Waals surface area contributed by atoms with Crippen molar-refractivity contribution in [3.8, 4) is 0 Å². The van der Waals surface area contributed by atoms with Gasteiger partial charge in [-0.15, -0.1) is 0 Å². The van der Waals surface area contributed by atoms with E-state index in [1.165, 1.54) is 6.92 Å². The van der Waals surface area contributed by atoms with Crippen LogP contribution in [0.4, 0.5) is 0 Å². The van der Waals surface area contributed by atoms with Crippen LogP contribution in [0.2, 0.25) is 0 Å². The number of ether oxygens (including phenoxy) is 4. The lowest BCUT2D eigenvalue weighted by Gasteiger charge is -2.46. The maximum atomic E-state index is 13.5. The van der Waals surface area contributed by atoms with Gasteiger partial charge in [-0.2, -0.15) is 0 Å². The molecule has 0 aliphatic heterocycles. The third-order valence-corrected chi connectivity index (χ3v) is 9.94. The molecule has 2 aliphatic carbocycles. The van der Waals surface area contributed by atoms with E-state index in [0.29, 0.717) is 12.8 Å². The summed E-state index contributed by atoms with van der Waals surface area (Å²) in [4.78, 5) is 52.5. The first-order valence-corrected chi connectivity index (χ1v) is 16.9. The van der Waals surface area contributed by atoms with Crippen molar-refractivity contribution in [2.45, 2.75) is 138 Å². The number of fused-ring (bicyclic) bond motifs is 1. The number of aliphatic hydroxyl groups is 3. The van der Waals surface area contributed by atoms with Gasteiger partial charge in [0.25, 0.3) is 0 Å². The van der Waals surface area contributed by atoms with Gasteiger partial charge < -0.3 is 34.3 Å². The zero-order chi connectivity index (χ0) is 36.2. The van der Waals surface area contributed by atoms with E-state index < -0.39 is 107 Å². The van der Waals surface area contributed by atoms with Crippen LogP contribution in [0.25, 0.3) is 0 Å². The second-order valence-corrected chi connectivity index (χ2v) is 14.7. The molecular formula is C36H58O11. The highest BCUT2D eigenvalue weighted by Crippen LogP contribution is 2.50. The summed E-state index contributed by atoms with van der Waals surface area (Å²) in [6, 6.07) is 0. The van der Waals surface area contributed by atoms with Gasteiger partial charge in [-0.05, 0) is 25.2 Å². The Morgan fingerprint density at radius 3 is 1.89 bits per heavy atom. The van der Waals surface area contributed by atoms with E-state index in [1.54, 1.807) is 81.4 Å². The Morgan fingerprint density at radius 1 is 0.894 bits per heavy atom. The topological polar surface area (TPSA) is 166 Å². The van der Waals surface area contributed by atoms with Crippen LogP contribution in [-0.2, 0) is 38.1 Å². The van der Waals surface area contributed by atoms with E-state index in [2.05, 4.69) is 6.58 Å². The molecular weight excluding hydrogens is 608 g/mol. The Balaban J connectivity index is 3.04. The molecule has 47 heavy (non-hydrogen) atoms. The summed E-state index contributed by atoms with van der Waals surface area (Å²) in [6.45, 7) is 22.4. The second-order valence-electron chi connectivity index (χ2n) is 14.7. The van der Waals surface area contributed by atoms with Crippen LogP contribution >= 0.6 is 0 Å². The van der Waals surface area contributed by atoms with E-state index in [0.717, 1.165) is 0 Å². The molecule has 268 valence electrons. The number of carbonyl (C=O) groups excluding carboxylic acids is 4. The van der Waals surface area contributed by atoms with Gasteiger partial charge in [0.05, 0.1) is 29.8 Å². The molecule has 2 rings (SSSR count). The average molecular weight is 667 g/mol. The van der Waals surface area contributed by atoms with Crippen molar-refractivity contribution in [2.75, 3.05) is 0 Å². The molecule has 1 fully saturated rings. The molecule has 11 heteroatoms. The third kappa shape index (κ3) is 9.03. The number of aliphatic hydroxyl groups excluding tert-OH is 2.